The first-order valence-corrected chi connectivity index (χ1v) is 15.3. The lowest BCUT2D eigenvalue weighted by Crippen LogP contribution is -2.45. The first-order chi connectivity index (χ1) is 17.4. The molecule has 2 fully saturated rings. The van der Waals surface area contributed by atoms with Crippen molar-refractivity contribution >= 4 is 54.0 Å². The molecule has 0 radical (unpaired) electrons. The molecule has 36 heavy (non-hydrogen) atoms. The molecule has 0 N–H and O–H groups in total. The van der Waals surface area contributed by atoms with Crippen molar-refractivity contribution in [3.05, 3.63) is 41.5 Å². The fraction of sp³-hybridized carbons (Fsp3) is 0.500. The second-order valence-corrected chi connectivity index (χ2v) is 13.1. The smallest absolute Gasteiger partial charge is 0.252 e. The second-order valence-electron chi connectivity index (χ2n) is 9.02. The van der Waals surface area contributed by atoms with Gasteiger partial charge in [0.1, 0.15) is 10.0 Å². The van der Waals surface area contributed by atoms with Crippen LogP contribution in [0.4, 0.5) is 9.52 Å². The topological polar surface area (TPSA) is 83.1 Å². The van der Waals surface area contributed by atoms with Gasteiger partial charge in [0.05, 0.1) is 23.4 Å². The Morgan fingerprint density at radius 2 is 1.94 bits per heavy atom. The highest BCUT2D eigenvalue weighted by molar-refractivity contribution is 7.91. The lowest BCUT2D eigenvalue weighted by atomic mass is 9.96. The Balaban J connectivity index is 1.29. The third-order valence-electron chi connectivity index (χ3n) is 6.69. The Morgan fingerprint density at radius 1 is 1.17 bits per heavy atom. The van der Waals surface area contributed by atoms with Crippen LogP contribution >= 0.6 is 22.7 Å². The molecule has 0 saturated carbocycles. The standard InChI is InChI=1S/C24H29FN4O4S3/c25-19-4-5-20-21(17-19)35-24(26-20)29(9-2-8-27-12-14-33-15-13-27)23(30)18-6-10-28(11-7-18)36(31,32)22-3-1-16-34-22/h1,3-5,16-18H,2,6-15H2. The molecule has 194 valence electrons. The van der Waals surface area contributed by atoms with E-state index >= 15 is 0 Å². The van der Waals surface area contributed by atoms with Crippen molar-refractivity contribution in [3.8, 4) is 0 Å². The molecule has 5 rings (SSSR count). The van der Waals surface area contributed by atoms with Crippen molar-refractivity contribution < 1.29 is 22.3 Å². The Morgan fingerprint density at radius 3 is 2.67 bits per heavy atom. The van der Waals surface area contributed by atoms with E-state index in [0.29, 0.717) is 52.0 Å². The maximum absolute atomic E-state index is 13.8. The molecule has 1 amide bonds. The normalized spacial score (nSPS) is 18.6. The number of carbonyl (C=O) groups is 1. The number of benzene rings is 1. The van der Waals surface area contributed by atoms with E-state index in [-0.39, 0.29) is 17.6 Å². The Labute approximate surface area is 218 Å². The van der Waals surface area contributed by atoms with Gasteiger partial charge in [-0.1, -0.05) is 17.4 Å². The van der Waals surface area contributed by atoms with Crippen LogP contribution in [0.3, 0.4) is 0 Å². The number of halogens is 1. The summed E-state index contributed by atoms with van der Waals surface area (Å²) < 4.78 is 47.5. The molecule has 2 aliphatic heterocycles. The van der Waals surface area contributed by atoms with Crippen molar-refractivity contribution in [1.29, 1.82) is 0 Å². The van der Waals surface area contributed by atoms with E-state index in [0.717, 1.165) is 39.3 Å². The van der Waals surface area contributed by atoms with E-state index in [9.17, 15) is 17.6 Å². The van der Waals surface area contributed by atoms with Crippen molar-refractivity contribution in [2.24, 2.45) is 5.92 Å². The highest BCUT2D eigenvalue weighted by Crippen LogP contribution is 2.33. The van der Waals surface area contributed by atoms with Gasteiger partial charge in [0.15, 0.2) is 5.13 Å². The minimum atomic E-state index is -3.52. The van der Waals surface area contributed by atoms with E-state index in [4.69, 9.17) is 4.74 Å². The highest BCUT2D eigenvalue weighted by Gasteiger charge is 2.35. The van der Waals surface area contributed by atoms with E-state index < -0.39 is 10.0 Å². The quantitative estimate of drug-likeness (QED) is 0.424. The lowest BCUT2D eigenvalue weighted by molar-refractivity contribution is -0.123. The molecule has 3 aromatic rings. The van der Waals surface area contributed by atoms with E-state index in [2.05, 4.69) is 9.88 Å². The third kappa shape index (κ3) is 5.63. The van der Waals surface area contributed by atoms with Crippen LogP contribution < -0.4 is 4.90 Å². The summed E-state index contributed by atoms with van der Waals surface area (Å²) in [5.41, 5.74) is 0.666. The number of ether oxygens (including phenoxy) is 1. The zero-order chi connectivity index (χ0) is 25.1. The molecule has 4 heterocycles. The molecular formula is C24H29FN4O4S3. The number of thiophene rings is 1. The number of fused-ring (bicyclic) bond motifs is 1. The average molecular weight is 553 g/mol. The zero-order valence-corrected chi connectivity index (χ0v) is 22.3. The summed E-state index contributed by atoms with van der Waals surface area (Å²) in [5.74, 6) is -0.654. The van der Waals surface area contributed by atoms with Crippen LogP contribution in [-0.4, -0.2) is 81.0 Å². The van der Waals surface area contributed by atoms with Crippen LogP contribution in [-0.2, 0) is 19.6 Å². The number of sulfonamides is 1. The predicted octanol–water partition coefficient (Wildman–Crippen LogP) is 3.65. The summed E-state index contributed by atoms with van der Waals surface area (Å²) in [5, 5.41) is 2.32. The Hall–Kier alpha value is -1.96. The summed E-state index contributed by atoms with van der Waals surface area (Å²) in [6.07, 6.45) is 1.70. The van der Waals surface area contributed by atoms with E-state index in [1.165, 1.54) is 39.1 Å². The fourth-order valence-corrected chi connectivity index (χ4v) is 8.32. The van der Waals surface area contributed by atoms with Crippen LogP contribution in [0.2, 0.25) is 0 Å². The summed E-state index contributed by atoms with van der Waals surface area (Å²) in [7, 11) is -3.52. The van der Waals surface area contributed by atoms with Gasteiger partial charge in [0, 0.05) is 45.2 Å². The molecule has 1 aromatic carbocycles. The number of amides is 1. The molecule has 0 bridgehead atoms. The Kier molecular flexibility index (Phi) is 7.99. The van der Waals surface area contributed by atoms with Crippen LogP contribution in [0, 0.1) is 11.7 Å². The number of thiazole rings is 1. The largest absolute Gasteiger partial charge is 0.379 e. The van der Waals surface area contributed by atoms with Crippen LogP contribution in [0.25, 0.3) is 10.2 Å². The molecule has 2 saturated heterocycles. The van der Waals surface area contributed by atoms with Gasteiger partial charge in [-0.05, 0) is 48.9 Å². The molecule has 0 aliphatic carbocycles. The summed E-state index contributed by atoms with van der Waals surface area (Å²) in [6.45, 7) is 5.18. The number of aromatic nitrogens is 1. The van der Waals surface area contributed by atoms with Gasteiger partial charge >= 0.3 is 0 Å². The van der Waals surface area contributed by atoms with Crippen LogP contribution in [0.1, 0.15) is 19.3 Å². The van der Waals surface area contributed by atoms with E-state index in [1.807, 2.05) is 0 Å². The number of anilines is 1. The molecule has 8 nitrogen and oxygen atoms in total. The summed E-state index contributed by atoms with van der Waals surface area (Å²) in [4.78, 5) is 22.4. The van der Waals surface area contributed by atoms with Gasteiger partial charge in [-0.2, -0.15) is 4.31 Å². The fourth-order valence-electron chi connectivity index (χ4n) is 4.68. The molecule has 12 heteroatoms. The number of piperidine rings is 1. The minimum Gasteiger partial charge on any atom is -0.379 e. The molecule has 2 aliphatic rings. The number of hydrogen-bond donors (Lipinski definition) is 0. The molecule has 2 aromatic heterocycles. The average Bonchev–Trinajstić information content (AvgIpc) is 3.58. The summed E-state index contributed by atoms with van der Waals surface area (Å²) >= 11 is 2.52. The maximum Gasteiger partial charge on any atom is 0.252 e. The van der Waals surface area contributed by atoms with Crippen LogP contribution in [0.15, 0.2) is 39.9 Å². The van der Waals surface area contributed by atoms with Crippen molar-refractivity contribution in [2.75, 3.05) is 57.4 Å². The maximum atomic E-state index is 13.8. The molecule has 0 atom stereocenters. The first kappa shape index (κ1) is 25.7. The number of hydrogen-bond acceptors (Lipinski definition) is 8. The third-order valence-corrected chi connectivity index (χ3v) is 11.0. The molecular weight excluding hydrogens is 523 g/mol. The van der Waals surface area contributed by atoms with Gasteiger partial charge < -0.3 is 4.74 Å². The van der Waals surface area contributed by atoms with E-state index in [1.54, 1.807) is 28.5 Å². The molecule has 0 spiro atoms. The van der Waals surface area contributed by atoms with Gasteiger partial charge in [-0.15, -0.1) is 11.3 Å². The van der Waals surface area contributed by atoms with Gasteiger partial charge in [0.25, 0.3) is 10.0 Å². The first-order valence-electron chi connectivity index (χ1n) is 12.1. The van der Waals surface area contributed by atoms with Gasteiger partial charge in [-0.25, -0.2) is 17.8 Å². The SMILES string of the molecule is O=C(C1CCN(S(=O)(=O)c2cccs2)CC1)N(CCCN1CCOCC1)c1nc2ccc(F)cc2s1. The zero-order valence-electron chi connectivity index (χ0n) is 19.8. The van der Waals surface area contributed by atoms with Gasteiger partial charge in [-0.3, -0.25) is 14.6 Å². The number of rotatable bonds is 8. The predicted molar refractivity (Wildman–Crippen MR) is 140 cm³/mol. The second kappa shape index (κ2) is 11.2. The molecule has 0 unspecified atom stereocenters. The minimum absolute atomic E-state index is 0.0373. The number of nitrogens with zero attached hydrogens (tertiary/aromatic N) is 4. The van der Waals surface area contributed by atoms with Crippen molar-refractivity contribution in [1.82, 2.24) is 14.2 Å². The Bertz CT molecular complexity index is 1280. The van der Waals surface area contributed by atoms with Crippen molar-refractivity contribution in [2.45, 2.75) is 23.5 Å². The van der Waals surface area contributed by atoms with Gasteiger partial charge in [0.2, 0.25) is 5.91 Å². The lowest BCUT2D eigenvalue weighted by Gasteiger charge is -2.33. The number of morpholine rings is 1. The summed E-state index contributed by atoms with van der Waals surface area (Å²) in [6, 6.07) is 7.80. The highest BCUT2D eigenvalue weighted by atomic mass is 32.2. The monoisotopic (exact) mass is 552 g/mol. The number of carbonyl (C=O) groups excluding carboxylic acids is 1. The van der Waals surface area contributed by atoms with Crippen LogP contribution in [0.5, 0.6) is 0 Å². The van der Waals surface area contributed by atoms with Crippen molar-refractivity contribution in [3.63, 3.8) is 0 Å².